The molecule has 18 heavy (non-hydrogen) atoms. The van der Waals surface area contributed by atoms with E-state index in [1.54, 1.807) is 0 Å². The zero-order valence-electron chi connectivity index (χ0n) is 9.50. The normalized spacial score (nSPS) is 18.0. The van der Waals surface area contributed by atoms with Crippen LogP contribution < -0.4 is 16.0 Å². The second-order valence-electron chi connectivity index (χ2n) is 3.88. The summed E-state index contributed by atoms with van der Waals surface area (Å²) in [5.74, 6) is -1.57. The molecule has 1 aromatic rings. The van der Waals surface area contributed by atoms with Crippen molar-refractivity contribution in [2.45, 2.75) is 12.5 Å². The fraction of sp³-hybridized carbons (Fsp3) is 0.364. The zero-order chi connectivity index (χ0) is 12.3. The third-order valence-corrected chi connectivity index (χ3v) is 2.60. The summed E-state index contributed by atoms with van der Waals surface area (Å²) in [5.41, 5.74) is -0.420. The van der Waals surface area contributed by atoms with Crippen molar-refractivity contribution in [3.63, 3.8) is 0 Å². The highest BCUT2D eigenvalue weighted by atomic mass is 35.5. The van der Waals surface area contributed by atoms with Crippen molar-refractivity contribution in [1.82, 2.24) is 10.6 Å². The summed E-state index contributed by atoms with van der Waals surface area (Å²) < 4.78 is 26.5. The van der Waals surface area contributed by atoms with E-state index in [-0.39, 0.29) is 18.4 Å². The van der Waals surface area contributed by atoms with Crippen LogP contribution in [0.4, 0.5) is 19.3 Å². The first kappa shape index (κ1) is 14.7. The van der Waals surface area contributed by atoms with Crippen LogP contribution in [0.1, 0.15) is 6.42 Å². The molecule has 4 nitrogen and oxygen atoms in total. The molecule has 1 aliphatic rings. The van der Waals surface area contributed by atoms with Crippen molar-refractivity contribution in [2.75, 3.05) is 18.4 Å². The molecule has 1 aliphatic heterocycles. The molecule has 1 atom stereocenters. The van der Waals surface area contributed by atoms with E-state index in [0.29, 0.717) is 6.54 Å². The van der Waals surface area contributed by atoms with Crippen LogP contribution in [0.15, 0.2) is 18.2 Å². The third kappa shape index (κ3) is 3.54. The number of hydrogen-bond donors (Lipinski definition) is 3. The van der Waals surface area contributed by atoms with Gasteiger partial charge in [0.15, 0.2) is 0 Å². The van der Waals surface area contributed by atoms with Gasteiger partial charge < -0.3 is 16.0 Å². The standard InChI is InChI=1S/C11H13F2N3O.ClH/c12-8-2-1-3-9(13)10(8)16-11(17)15-7-4-5-14-6-7;/h1-3,7,14H,4-6H2,(H2,15,16,17);1H. The van der Waals surface area contributed by atoms with E-state index < -0.39 is 23.4 Å². The van der Waals surface area contributed by atoms with Gasteiger partial charge in [-0.15, -0.1) is 12.4 Å². The number of para-hydroxylation sites is 1. The van der Waals surface area contributed by atoms with Crippen LogP contribution in [0.25, 0.3) is 0 Å². The first-order valence-corrected chi connectivity index (χ1v) is 5.39. The first-order chi connectivity index (χ1) is 8.16. The SMILES string of the molecule is Cl.O=C(Nc1c(F)cccc1F)NC1CCNC1. The van der Waals surface area contributed by atoms with Gasteiger partial charge in [0, 0.05) is 12.6 Å². The number of benzene rings is 1. The predicted molar refractivity (Wildman–Crippen MR) is 67.0 cm³/mol. The molecule has 1 saturated heterocycles. The fourth-order valence-corrected chi connectivity index (χ4v) is 1.73. The van der Waals surface area contributed by atoms with Crippen LogP contribution in [-0.2, 0) is 0 Å². The molecule has 0 radical (unpaired) electrons. The van der Waals surface area contributed by atoms with Gasteiger partial charge in [0.25, 0.3) is 0 Å². The zero-order valence-corrected chi connectivity index (χ0v) is 10.3. The quantitative estimate of drug-likeness (QED) is 0.773. The van der Waals surface area contributed by atoms with Gasteiger partial charge in [0.2, 0.25) is 0 Å². The van der Waals surface area contributed by atoms with E-state index in [2.05, 4.69) is 16.0 Å². The minimum Gasteiger partial charge on any atom is -0.334 e. The van der Waals surface area contributed by atoms with E-state index in [4.69, 9.17) is 0 Å². The highest BCUT2D eigenvalue weighted by molar-refractivity contribution is 5.89. The minimum atomic E-state index is -0.787. The maximum absolute atomic E-state index is 13.2. The lowest BCUT2D eigenvalue weighted by molar-refractivity contribution is 0.249. The van der Waals surface area contributed by atoms with Gasteiger partial charge in [-0.2, -0.15) is 0 Å². The molecule has 7 heteroatoms. The smallest absolute Gasteiger partial charge is 0.319 e. The lowest BCUT2D eigenvalue weighted by atomic mass is 10.2. The Bertz CT molecular complexity index is 404. The number of halogens is 3. The maximum atomic E-state index is 13.2. The van der Waals surface area contributed by atoms with Crippen LogP contribution in [0.2, 0.25) is 0 Å². The number of anilines is 1. The Morgan fingerprint density at radius 3 is 2.56 bits per heavy atom. The molecule has 0 aliphatic carbocycles. The molecular formula is C11H14ClF2N3O. The van der Waals surface area contributed by atoms with E-state index in [0.717, 1.165) is 25.1 Å². The molecule has 1 heterocycles. The molecule has 1 fully saturated rings. The highest BCUT2D eigenvalue weighted by Gasteiger charge is 2.18. The molecule has 3 N–H and O–H groups in total. The second kappa shape index (κ2) is 6.51. The number of rotatable bonds is 2. The molecule has 1 aromatic carbocycles. The molecule has 2 amide bonds. The predicted octanol–water partition coefficient (Wildman–Crippen LogP) is 1.87. The summed E-state index contributed by atoms with van der Waals surface area (Å²) in [6, 6.07) is 2.84. The number of nitrogens with one attached hydrogen (secondary N) is 3. The monoisotopic (exact) mass is 277 g/mol. The van der Waals surface area contributed by atoms with Crippen LogP contribution in [0.3, 0.4) is 0 Å². The van der Waals surface area contributed by atoms with Crippen molar-refractivity contribution in [3.8, 4) is 0 Å². The van der Waals surface area contributed by atoms with Crippen LogP contribution >= 0.6 is 12.4 Å². The Labute approximate surface area is 110 Å². The molecular weight excluding hydrogens is 264 g/mol. The summed E-state index contributed by atoms with van der Waals surface area (Å²) in [7, 11) is 0. The number of urea groups is 1. The van der Waals surface area contributed by atoms with Crippen molar-refractivity contribution >= 4 is 24.1 Å². The number of carbonyl (C=O) groups excluding carboxylic acids is 1. The largest absolute Gasteiger partial charge is 0.334 e. The van der Waals surface area contributed by atoms with Crippen molar-refractivity contribution in [2.24, 2.45) is 0 Å². The molecule has 2 rings (SSSR count). The van der Waals surface area contributed by atoms with Gasteiger partial charge >= 0.3 is 6.03 Å². The van der Waals surface area contributed by atoms with Gasteiger partial charge in [-0.1, -0.05) is 6.07 Å². The average Bonchev–Trinajstić information content (AvgIpc) is 2.76. The highest BCUT2D eigenvalue weighted by Crippen LogP contribution is 2.17. The molecule has 0 bridgehead atoms. The van der Waals surface area contributed by atoms with Gasteiger partial charge in [-0.05, 0) is 25.1 Å². The van der Waals surface area contributed by atoms with Gasteiger partial charge in [-0.25, -0.2) is 13.6 Å². The van der Waals surface area contributed by atoms with E-state index in [9.17, 15) is 13.6 Å². The summed E-state index contributed by atoms with van der Waals surface area (Å²) >= 11 is 0. The summed E-state index contributed by atoms with van der Waals surface area (Å²) in [6.45, 7) is 1.51. The Kier molecular flexibility index (Phi) is 5.30. The first-order valence-electron chi connectivity index (χ1n) is 5.39. The summed E-state index contributed by atoms with van der Waals surface area (Å²) in [4.78, 5) is 11.5. The van der Waals surface area contributed by atoms with Gasteiger partial charge in [-0.3, -0.25) is 0 Å². The molecule has 0 spiro atoms. The Balaban J connectivity index is 0.00000162. The molecule has 100 valence electrons. The fourth-order valence-electron chi connectivity index (χ4n) is 1.73. The lowest BCUT2D eigenvalue weighted by Crippen LogP contribution is -2.39. The van der Waals surface area contributed by atoms with E-state index in [1.807, 2.05) is 0 Å². The Hall–Kier alpha value is -1.40. The van der Waals surface area contributed by atoms with Gasteiger partial charge in [0.1, 0.15) is 17.3 Å². The number of amides is 2. The van der Waals surface area contributed by atoms with Crippen LogP contribution in [0, 0.1) is 11.6 Å². The average molecular weight is 278 g/mol. The lowest BCUT2D eigenvalue weighted by Gasteiger charge is -2.13. The van der Waals surface area contributed by atoms with Gasteiger partial charge in [0.05, 0.1) is 0 Å². The van der Waals surface area contributed by atoms with Crippen molar-refractivity contribution in [3.05, 3.63) is 29.8 Å². The number of carbonyl (C=O) groups is 1. The Morgan fingerprint density at radius 1 is 1.33 bits per heavy atom. The van der Waals surface area contributed by atoms with E-state index >= 15 is 0 Å². The summed E-state index contributed by atoms with van der Waals surface area (Å²) in [6.07, 6.45) is 0.813. The van der Waals surface area contributed by atoms with Crippen LogP contribution in [0.5, 0.6) is 0 Å². The van der Waals surface area contributed by atoms with Crippen molar-refractivity contribution < 1.29 is 13.6 Å². The molecule has 0 aromatic heterocycles. The topological polar surface area (TPSA) is 53.2 Å². The Morgan fingerprint density at radius 2 is 2.00 bits per heavy atom. The van der Waals surface area contributed by atoms with E-state index in [1.165, 1.54) is 6.07 Å². The third-order valence-electron chi connectivity index (χ3n) is 2.60. The van der Waals surface area contributed by atoms with Crippen molar-refractivity contribution in [1.29, 1.82) is 0 Å². The minimum absolute atomic E-state index is 0. The second-order valence-corrected chi connectivity index (χ2v) is 3.88. The van der Waals surface area contributed by atoms with Crippen LogP contribution in [-0.4, -0.2) is 25.2 Å². The maximum Gasteiger partial charge on any atom is 0.319 e. The summed E-state index contributed by atoms with van der Waals surface area (Å²) in [5, 5.41) is 7.89. The molecule has 1 unspecified atom stereocenters. The number of hydrogen-bond acceptors (Lipinski definition) is 2. The molecule has 0 saturated carbocycles.